The van der Waals surface area contributed by atoms with Crippen molar-refractivity contribution in [3.05, 3.63) is 12.0 Å². The van der Waals surface area contributed by atoms with Crippen LogP contribution in [0.1, 0.15) is 38.4 Å². The quantitative estimate of drug-likeness (QED) is 0.714. The minimum atomic E-state index is -3.60. The van der Waals surface area contributed by atoms with Gasteiger partial charge in [-0.3, -0.25) is 4.79 Å². The molecular formula is C13H23N3O4S. The van der Waals surface area contributed by atoms with Crippen molar-refractivity contribution in [1.29, 1.82) is 0 Å². The third-order valence-corrected chi connectivity index (χ3v) is 4.88. The number of carbonyl (C=O) groups is 1. The number of nitrogens with zero attached hydrogens (tertiary/aromatic N) is 2. The molecule has 0 aliphatic carbocycles. The maximum atomic E-state index is 12.1. The molecule has 0 aromatic carbocycles. The number of carboxylic acid groups (broad SMARTS) is 1. The van der Waals surface area contributed by atoms with Crippen LogP contribution in [0, 0.1) is 12.8 Å². The van der Waals surface area contributed by atoms with E-state index in [1.54, 1.807) is 18.5 Å². The van der Waals surface area contributed by atoms with Gasteiger partial charge in [0.1, 0.15) is 5.82 Å². The van der Waals surface area contributed by atoms with Gasteiger partial charge in [0, 0.05) is 26.2 Å². The zero-order valence-corrected chi connectivity index (χ0v) is 13.5. The van der Waals surface area contributed by atoms with Crippen LogP contribution in [0.4, 0.5) is 0 Å². The first-order valence-electron chi connectivity index (χ1n) is 6.97. The van der Waals surface area contributed by atoms with Crippen molar-refractivity contribution in [3.63, 3.8) is 0 Å². The molecule has 21 heavy (non-hydrogen) atoms. The SMILES string of the molecule is CCC(CCNS(=O)(=O)c1cn(C)c(C)n1)CCC(=O)O. The van der Waals surface area contributed by atoms with Crippen LogP contribution in [0.3, 0.4) is 0 Å². The Morgan fingerprint density at radius 2 is 2.14 bits per heavy atom. The van der Waals surface area contributed by atoms with E-state index >= 15 is 0 Å². The number of rotatable bonds is 9. The van der Waals surface area contributed by atoms with Crippen LogP contribution in [0.5, 0.6) is 0 Å². The summed E-state index contributed by atoms with van der Waals surface area (Å²) in [5.74, 6) is 0.00975. The Balaban J connectivity index is 2.51. The topological polar surface area (TPSA) is 101 Å². The molecule has 1 aromatic rings. The summed E-state index contributed by atoms with van der Waals surface area (Å²) in [6.45, 7) is 4.00. The van der Waals surface area contributed by atoms with Crippen molar-refractivity contribution >= 4 is 16.0 Å². The second-order valence-corrected chi connectivity index (χ2v) is 6.84. The highest BCUT2D eigenvalue weighted by Gasteiger charge is 2.18. The van der Waals surface area contributed by atoms with E-state index < -0.39 is 16.0 Å². The molecule has 0 bridgehead atoms. The van der Waals surface area contributed by atoms with Gasteiger partial charge in [0.25, 0.3) is 10.0 Å². The summed E-state index contributed by atoms with van der Waals surface area (Å²) in [7, 11) is -1.86. The van der Waals surface area contributed by atoms with E-state index in [1.165, 1.54) is 6.20 Å². The van der Waals surface area contributed by atoms with Crippen LogP contribution < -0.4 is 4.72 Å². The lowest BCUT2D eigenvalue weighted by molar-refractivity contribution is -0.137. The number of aryl methyl sites for hydroxylation is 2. The Labute approximate surface area is 125 Å². The molecule has 1 aromatic heterocycles. The predicted molar refractivity (Wildman–Crippen MR) is 78.4 cm³/mol. The van der Waals surface area contributed by atoms with Crippen molar-refractivity contribution < 1.29 is 18.3 Å². The number of imidazole rings is 1. The van der Waals surface area contributed by atoms with E-state index in [9.17, 15) is 13.2 Å². The zero-order valence-electron chi connectivity index (χ0n) is 12.7. The first kappa shape index (κ1) is 17.6. The van der Waals surface area contributed by atoms with Gasteiger partial charge in [-0.05, 0) is 25.7 Å². The molecule has 1 heterocycles. The van der Waals surface area contributed by atoms with Gasteiger partial charge in [0.15, 0.2) is 5.03 Å². The van der Waals surface area contributed by atoms with E-state index in [-0.39, 0.29) is 23.9 Å². The Kier molecular flexibility index (Phi) is 6.35. The Bertz CT molecular complexity index is 561. The second kappa shape index (κ2) is 7.56. The molecular weight excluding hydrogens is 294 g/mol. The molecule has 8 heteroatoms. The fraction of sp³-hybridized carbons (Fsp3) is 0.692. The van der Waals surface area contributed by atoms with E-state index in [2.05, 4.69) is 9.71 Å². The number of hydrogen-bond acceptors (Lipinski definition) is 4. The summed E-state index contributed by atoms with van der Waals surface area (Å²) in [5.41, 5.74) is 0. The standard InChI is InChI=1S/C13H23N3O4S/c1-4-11(5-6-13(17)18)7-8-14-21(19,20)12-9-16(3)10(2)15-12/h9,11,14H,4-8H2,1-3H3,(H,17,18). The average molecular weight is 317 g/mol. The Morgan fingerprint density at radius 1 is 1.48 bits per heavy atom. The summed E-state index contributed by atoms with van der Waals surface area (Å²) in [4.78, 5) is 14.5. The minimum absolute atomic E-state index is 0.0149. The maximum absolute atomic E-state index is 12.1. The van der Waals surface area contributed by atoms with Gasteiger partial charge in [-0.2, -0.15) is 0 Å². The fourth-order valence-corrected chi connectivity index (χ4v) is 3.09. The summed E-state index contributed by atoms with van der Waals surface area (Å²) in [6.07, 6.45) is 3.60. The molecule has 120 valence electrons. The molecule has 0 amide bonds. The Hall–Kier alpha value is -1.41. The summed E-state index contributed by atoms with van der Waals surface area (Å²) in [5, 5.41) is 8.68. The zero-order chi connectivity index (χ0) is 16.0. The van der Waals surface area contributed by atoms with Crippen molar-refractivity contribution in [3.8, 4) is 0 Å². The minimum Gasteiger partial charge on any atom is -0.481 e. The lowest BCUT2D eigenvalue weighted by atomic mass is 9.97. The maximum Gasteiger partial charge on any atom is 0.303 e. The molecule has 0 radical (unpaired) electrons. The number of sulfonamides is 1. The Morgan fingerprint density at radius 3 is 2.62 bits per heavy atom. The fourth-order valence-electron chi connectivity index (χ4n) is 2.01. The lowest BCUT2D eigenvalue weighted by Gasteiger charge is -2.13. The van der Waals surface area contributed by atoms with Crippen LogP contribution in [0.25, 0.3) is 0 Å². The van der Waals surface area contributed by atoms with Crippen LogP contribution in [-0.2, 0) is 21.9 Å². The largest absolute Gasteiger partial charge is 0.481 e. The van der Waals surface area contributed by atoms with Gasteiger partial charge in [0.2, 0.25) is 0 Å². The summed E-state index contributed by atoms with van der Waals surface area (Å²) >= 11 is 0. The number of hydrogen-bond donors (Lipinski definition) is 2. The van der Waals surface area contributed by atoms with E-state index in [0.717, 1.165) is 6.42 Å². The lowest BCUT2D eigenvalue weighted by Crippen LogP contribution is -2.26. The first-order valence-corrected chi connectivity index (χ1v) is 8.46. The molecule has 0 fully saturated rings. The normalized spacial score (nSPS) is 13.3. The van der Waals surface area contributed by atoms with Crippen molar-refractivity contribution in [1.82, 2.24) is 14.3 Å². The van der Waals surface area contributed by atoms with E-state index in [0.29, 0.717) is 18.7 Å². The highest BCUT2D eigenvalue weighted by atomic mass is 32.2. The second-order valence-electron chi connectivity index (χ2n) is 5.13. The molecule has 1 atom stereocenters. The predicted octanol–water partition coefficient (Wildman–Crippen LogP) is 1.29. The van der Waals surface area contributed by atoms with Gasteiger partial charge in [0.05, 0.1) is 0 Å². The molecule has 0 saturated heterocycles. The molecule has 0 aliphatic heterocycles. The molecule has 1 rings (SSSR count). The number of nitrogens with one attached hydrogen (secondary N) is 1. The van der Waals surface area contributed by atoms with Crippen LogP contribution in [0.2, 0.25) is 0 Å². The highest BCUT2D eigenvalue weighted by Crippen LogP contribution is 2.15. The van der Waals surface area contributed by atoms with Crippen molar-refractivity contribution in [2.45, 2.75) is 44.6 Å². The van der Waals surface area contributed by atoms with Gasteiger partial charge < -0.3 is 9.67 Å². The van der Waals surface area contributed by atoms with Crippen molar-refractivity contribution in [2.24, 2.45) is 13.0 Å². The number of aromatic nitrogens is 2. The molecule has 2 N–H and O–H groups in total. The smallest absolute Gasteiger partial charge is 0.303 e. The van der Waals surface area contributed by atoms with Crippen LogP contribution in [-0.4, -0.2) is 35.6 Å². The molecule has 0 aliphatic rings. The molecule has 1 unspecified atom stereocenters. The number of aliphatic carboxylic acids is 1. The number of carboxylic acids is 1. The van der Waals surface area contributed by atoms with Gasteiger partial charge in [-0.15, -0.1) is 0 Å². The highest BCUT2D eigenvalue weighted by molar-refractivity contribution is 7.89. The third-order valence-electron chi connectivity index (χ3n) is 3.55. The van der Waals surface area contributed by atoms with Gasteiger partial charge >= 0.3 is 5.97 Å². The molecule has 0 spiro atoms. The van der Waals surface area contributed by atoms with Crippen molar-refractivity contribution in [2.75, 3.05) is 6.54 Å². The van der Waals surface area contributed by atoms with Gasteiger partial charge in [-0.25, -0.2) is 18.1 Å². The van der Waals surface area contributed by atoms with E-state index in [4.69, 9.17) is 5.11 Å². The van der Waals surface area contributed by atoms with E-state index in [1.807, 2.05) is 6.92 Å². The first-order chi connectivity index (χ1) is 9.76. The molecule has 0 saturated carbocycles. The average Bonchev–Trinajstić information content (AvgIpc) is 2.74. The van der Waals surface area contributed by atoms with Crippen LogP contribution in [0.15, 0.2) is 11.2 Å². The summed E-state index contributed by atoms with van der Waals surface area (Å²) < 4.78 is 28.3. The summed E-state index contributed by atoms with van der Waals surface area (Å²) in [6, 6.07) is 0. The monoisotopic (exact) mass is 317 g/mol. The van der Waals surface area contributed by atoms with Gasteiger partial charge in [-0.1, -0.05) is 13.3 Å². The molecule has 7 nitrogen and oxygen atoms in total. The third kappa shape index (κ3) is 5.47. The van der Waals surface area contributed by atoms with Crippen LogP contribution >= 0.6 is 0 Å².